The zero-order chi connectivity index (χ0) is 17.9. The van der Waals surface area contributed by atoms with Gasteiger partial charge in [0.1, 0.15) is 12.7 Å². The molecule has 0 saturated carbocycles. The first-order valence-corrected chi connectivity index (χ1v) is 9.03. The van der Waals surface area contributed by atoms with Crippen LogP contribution < -0.4 is 0 Å². The number of rotatable bonds is 5. The molecule has 2 aromatic heterocycles. The van der Waals surface area contributed by atoms with E-state index in [4.69, 9.17) is 0 Å². The Kier molecular flexibility index (Phi) is 4.42. The van der Waals surface area contributed by atoms with Crippen molar-refractivity contribution in [1.29, 1.82) is 0 Å². The maximum absolute atomic E-state index is 11.5. The minimum absolute atomic E-state index is 0.0157. The van der Waals surface area contributed by atoms with E-state index >= 15 is 0 Å². The molecule has 0 radical (unpaired) electrons. The van der Waals surface area contributed by atoms with E-state index in [1.165, 1.54) is 52.7 Å². The predicted octanol–water partition coefficient (Wildman–Crippen LogP) is 3.83. The molecule has 10 heteroatoms. The third-order valence-corrected chi connectivity index (χ3v) is 5.56. The number of fused-ring (bicyclic) bond motifs is 1. The predicted molar refractivity (Wildman–Crippen MR) is 99.9 cm³/mol. The van der Waals surface area contributed by atoms with Gasteiger partial charge in [-0.1, -0.05) is 30.0 Å². The molecule has 2 aromatic carbocycles. The molecule has 0 N–H and O–H groups in total. The second-order valence-corrected chi connectivity index (χ2v) is 7.44. The van der Waals surface area contributed by atoms with E-state index in [0.29, 0.717) is 10.5 Å². The van der Waals surface area contributed by atoms with Crippen LogP contribution in [-0.2, 0) is 0 Å². The van der Waals surface area contributed by atoms with Crippen molar-refractivity contribution in [3.8, 4) is 0 Å². The highest BCUT2D eigenvalue weighted by Crippen LogP contribution is 2.38. The van der Waals surface area contributed by atoms with Crippen molar-refractivity contribution in [3.63, 3.8) is 0 Å². The van der Waals surface area contributed by atoms with E-state index in [1.54, 1.807) is 12.1 Å². The van der Waals surface area contributed by atoms with Crippen LogP contribution in [-0.4, -0.2) is 31.0 Å². The maximum Gasteiger partial charge on any atom is 0.283 e. The molecule has 0 spiro atoms. The fourth-order valence-corrected chi connectivity index (χ4v) is 4.33. The van der Waals surface area contributed by atoms with Gasteiger partial charge in [0.05, 0.1) is 26.3 Å². The van der Waals surface area contributed by atoms with Crippen LogP contribution in [0.1, 0.15) is 5.56 Å². The van der Waals surface area contributed by atoms with Gasteiger partial charge in [0.2, 0.25) is 0 Å². The van der Waals surface area contributed by atoms with Crippen LogP contribution in [0.2, 0.25) is 0 Å². The van der Waals surface area contributed by atoms with Crippen LogP contribution in [0.15, 0.2) is 69.5 Å². The van der Waals surface area contributed by atoms with Crippen molar-refractivity contribution in [1.82, 2.24) is 19.9 Å². The second kappa shape index (κ2) is 7.02. The van der Waals surface area contributed by atoms with E-state index in [2.05, 4.69) is 20.3 Å². The number of nitrogens with zero attached hydrogens (tertiary/aromatic N) is 6. The molecule has 0 saturated heterocycles. The van der Waals surface area contributed by atoms with E-state index in [0.717, 1.165) is 14.6 Å². The molecule has 0 amide bonds. The van der Waals surface area contributed by atoms with Crippen LogP contribution in [0.5, 0.6) is 0 Å². The Labute approximate surface area is 155 Å². The number of nitro benzene ring substituents is 1. The SMILES string of the molecule is O=[N+]([O-])c1cc(/C=N\n2cnnc2)ccc1Sc1nc2ccccc2s1. The molecule has 2 heterocycles. The average Bonchev–Trinajstić information content (AvgIpc) is 3.29. The topological polar surface area (TPSA) is 99.1 Å². The Bertz CT molecular complexity index is 1070. The van der Waals surface area contributed by atoms with Gasteiger partial charge < -0.3 is 0 Å². The largest absolute Gasteiger partial charge is 0.283 e. The fourth-order valence-electron chi connectivity index (χ4n) is 2.22. The average molecular weight is 382 g/mol. The Morgan fingerprint density at radius 2 is 2.00 bits per heavy atom. The van der Waals surface area contributed by atoms with Crippen molar-refractivity contribution in [2.24, 2.45) is 5.10 Å². The van der Waals surface area contributed by atoms with Gasteiger partial charge in [0, 0.05) is 11.6 Å². The van der Waals surface area contributed by atoms with Crippen LogP contribution in [0, 0.1) is 10.1 Å². The Morgan fingerprint density at radius 3 is 2.77 bits per heavy atom. The lowest BCUT2D eigenvalue weighted by Crippen LogP contribution is -1.94. The summed E-state index contributed by atoms with van der Waals surface area (Å²) in [5, 5.41) is 22.9. The van der Waals surface area contributed by atoms with Crippen LogP contribution in [0.25, 0.3) is 10.2 Å². The van der Waals surface area contributed by atoms with Gasteiger partial charge in [0.15, 0.2) is 4.34 Å². The number of benzene rings is 2. The van der Waals surface area contributed by atoms with Gasteiger partial charge in [-0.3, -0.25) is 10.1 Å². The lowest BCUT2D eigenvalue weighted by Gasteiger charge is -2.01. The number of para-hydroxylation sites is 1. The first-order chi connectivity index (χ1) is 12.7. The van der Waals surface area contributed by atoms with Crippen LogP contribution in [0.3, 0.4) is 0 Å². The number of nitro groups is 1. The van der Waals surface area contributed by atoms with Gasteiger partial charge in [0.25, 0.3) is 5.69 Å². The zero-order valence-corrected chi connectivity index (χ0v) is 14.7. The minimum Gasteiger partial charge on any atom is -0.258 e. The Morgan fingerprint density at radius 1 is 1.19 bits per heavy atom. The Hall–Kier alpha value is -3.11. The summed E-state index contributed by atoms with van der Waals surface area (Å²) in [7, 11) is 0. The van der Waals surface area contributed by atoms with Gasteiger partial charge in [-0.15, -0.1) is 21.5 Å². The summed E-state index contributed by atoms with van der Waals surface area (Å²) in [5.41, 5.74) is 1.52. The molecule has 0 fully saturated rings. The number of thiazole rings is 1. The van der Waals surface area contributed by atoms with Crippen molar-refractivity contribution in [2.75, 3.05) is 0 Å². The molecule has 0 aliphatic heterocycles. The smallest absolute Gasteiger partial charge is 0.258 e. The maximum atomic E-state index is 11.5. The summed E-state index contributed by atoms with van der Waals surface area (Å²) in [6, 6.07) is 12.7. The summed E-state index contributed by atoms with van der Waals surface area (Å²) in [6.45, 7) is 0. The van der Waals surface area contributed by atoms with Crippen molar-refractivity contribution in [2.45, 2.75) is 9.24 Å². The number of aromatic nitrogens is 4. The zero-order valence-electron chi connectivity index (χ0n) is 13.1. The molecule has 0 bridgehead atoms. The highest BCUT2D eigenvalue weighted by molar-refractivity contribution is 8.01. The van der Waals surface area contributed by atoms with Crippen molar-refractivity contribution in [3.05, 3.63) is 70.8 Å². The lowest BCUT2D eigenvalue weighted by atomic mass is 10.2. The van der Waals surface area contributed by atoms with Gasteiger partial charge in [-0.05, 0) is 18.2 Å². The van der Waals surface area contributed by atoms with Crippen LogP contribution >= 0.6 is 23.1 Å². The molecule has 4 aromatic rings. The summed E-state index contributed by atoms with van der Waals surface area (Å²) < 4.78 is 3.23. The highest BCUT2D eigenvalue weighted by Gasteiger charge is 2.17. The first kappa shape index (κ1) is 16.4. The number of hydrogen-bond donors (Lipinski definition) is 0. The summed E-state index contributed by atoms with van der Waals surface area (Å²) in [4.78, 5) is 16.1. The van der Waals surface area contributed by atoms with Crippen molar-refractivity contribution < 1.29 is 4.92 Å². The monoisotopic (exact) mass is 382 g/mol. The molecule has 26 heavy (non-hydrogen) atoms. The van der Waals surface area contributed by atoms with Crippen molar-refractivity contribution >= 4 is 45.2 Å². The van der Waals surface area contributed by atoms with Crippen LogP contribution in [0.4, 0.5) is 5.69 Å². The molecule has 0 aliphatic rings. The fraction of sp³-hybridized carbons (Fsp3) is 0. The second-order valence-electron chi connectivity index (χ2n) is 5.12. The highest BCUT2D eigenvalue weighted by atomic mass is 32.2. The van der Waals surface area contributed by atoms with Gasteiger partial charge >= 0.3 is 0 Å². The molecular weight excluding hydrogens is 372 g/mol. The summed E-state index contributed by atoms with van der Waals surface area (Å²) in [5.74, 6) is 0. The molecule has 0 aliphatic carbocycles. The minimum atomic E-state index is -0.397. The first-order valence-electron chi connectivity index (χ1n) is 7.40. The summed E-state index contributed by atoms with van der Waals surface area (Å²) >= 11 is 2.80. The standard InChI is InChI=1S/C16H10N6O2S2/c23-22(24)13-7-11(8-19-21-9-17-18-10-21)5-6-15(13)26-16-20-12-3-1-2-4-14(12)25-16/h1-10H/b19-8-. The lowest BCUT2D eigenvalue weighted by molar-refractivity contribution is -0.387. The number of hydrogen-bond acceptors (Lipinski definition) is 8. The molecular formula is C16H10N6O2S2. The Balaban J connectivity index is 1.64. The van der Waals surface area contributed by atoms with Gasteiger partial charge in [-0.2, -0.15) is 5.10 Å². The molecule has 128 valence electrons. The quantitative estimate of drug-likeness (QED) is 0.295. The van der Waals surface area contributed by atoms with Gasteiger partial charge in [-0.25, -0.2) is 9.66 Å². The van der Waals surface area contributed by atoms with E-state index in [-0.39, 0.29) is 5.69 Å². The van der Waals surface area contributed by atoms with E-state index < -0.39 is 4.92 Å². The molecule has 0 atom stereocenters. The van der Waals surface area contributed by atoms with E-state index in [9.17, 15) is 10.1 Å². The third kappa shape index (κ3) is 3.46. The molecule has 0 unspecified atom stereocenters. The molecule has 8 nitrogen and oxygen atoms in total. The molecule has 4 rings (SSSR count). The normalized spacial score (nSPS) is 11.4. The third-order valence-electron chi connectivity index (χ3n) is 3.40. The van der Waals surface area contributed by atoms with E-state index in [1.807, 2.05) is 24.3 Å². The summed E-state index contributed by atoms with van der Waals surface area (Å²) in [6.07, 6.45) is 4.38.